The molecule has 0 aliphatic carbocycles. The normalized spacial score (nSPS) is 15.6. The van der Waals surface area contributed by atoms with E-state index in [9.17, 15) is 17.6 Å². The zero-order valence-corrected chi connectivity index (χ0v) is 18.5. The average Bonchev–Trinajstić information content (AvgIpc) is 3.21. The van der Waals surface area contributed by atoms with Crippen LogP contribution in [0.3, 0.4) is 0 Å². The molecule has 0 radical (unpaired) electrons. The SMILES string of the molecule is Cc1nnnn1-c1cc(NC(=O)C2CCN(S(=O)(=O)c3cccnc3Cl)CC2)ccc1F. The molecule has 0 saturated carbocycles. The van der Waals surface area contributed by atoms with Gasteiger partial charge in [0.25, 0.3) is 0 Å². The third kappa shape index (κ3) is 4.33. The molecule has 3 heterocycles. The molecule has 0 atom stereocenters. The minimum absolute atomic E-state index is 0.0543. The topological polar surface area (TPSA) is 123 Å². The second-order valence-electron chi connectivity index (χ2n) is 7.26. The van der Waals surface area contributed by atoms with Crippen LogP contribution in [0.15, 0.2) is 41.4 Å². The smallest absolute Gasteiger partial charge is 0.246 e. The van der Waals surface area contributed by atoms with E-state index in [0.29, 0.717) is 24.4 Å². The minimum Gasteiger partial charge on any atom is -0.326 e. The number of pyridine rings is 1. The van der Waals surface area contributed by atoms with Crippen molar-refractivity contribution in [2.24, 2.45) is 5.92 Å². The summed E-state index contributed by atoms with van der Waals surface area (Å²) < 4.78 is 42.4. The number of sulfonamides is 1. The molecule has 1 saturated heterocycles. The summed E-state index contributed by atoms with van der Waals surface area (Å²) in [6.45, 7) is 1.97. The predicted octanol–water partition coefficient (Wildman–Crippen LogP) is 2.20. The number of benzene rings is 1. The van der Waals surface area contributed by atoms with Crippen LogP contribution < -0.4 is 5.32 Å². The highest BCUT2D eigenvalue weighted by Crippen LogP contribution is 2.28. The van der Waals surface area contributed by atoms with Gasteiger partial charge in [0, 0.05) is 30.9 Å². The number of rotatable bonds is 5. The van der Waals surface area contributed by atoms with Crippen LogP contribution in [0.4, 0.5) is 10.1 Å². The molecule has 4 rings (SSSR count). The first kappa shape index (κ1) is 22.2. The highest BCUT2D eigenvalue weighted by Gasteiger charge is 2.33. The van der Waals surface area contributed by atoms with E-state index in [1.807, 2.05) is 0 Å². The lowest BCUT2D eigenvalue weighted by atomic mass is 9.97. The number of carbonyl (C=O) groups excluding carboxylic acids is 1. The molecule has 1 amide bonds. The summed E-state index contributed by atoms with van der Waals surface area (Å²) in [5, 5.41) is 13.7. The minimum atomic E-state index is -3.80. The number of hydrogen-bond acceptors (Lipinski definition) is 7. The molecule has 1 N–H and O–H groups in total. The maximum Gasteiger partial charge on any atom is 0.246 e. The van der Waals surface area contributed by atoms with Crippen molar-refractivity contribution in [3.05, 3.63) is 53.3 Å². The van der Waals surface area contributed by atoms with Crippen LogP contribution in [0, 0.1) is 18.7 Å². The molecule has 2 aromatic heterocycles. The Kier molecular flexibility index (Phi) is 6.17. The maximum absolute atomic E-state index is 14.2. The molecule has 32 heavy (non-hydrogen) atoms. The van der Waals surface area contributed by atoms with Gasteiger partial charge < -0.3 is 5.32 Å². The van der Waals surface area contributed by atoms with E-state index in [0.717, 1.165) is 0 Å². The van der Waals surface area contributed by atoms with Gasteiger partial charge in [-0.15, -0.1) is 5.10 Å². The molecule has 13 heteroatoms. The molecule has 10 nitrogen and oxygen atoms in total. The molecule has 168 valence electrons. The standard InChI is InChI=1S/C19H19ClFN7O3S/c1-12-24-25-26-28(12)16-11-14(4-5-15(16)21)23-19(29)13-6-9-27(10-7-13)32(30,31)17-3-2-8-22-18(17)20/h2-5,8,11,13H,6-7,9-10H2,1H3,(H,23,29). The van der Waals surface area contributed by atoms with Crippen LogP contribution in [0.2, 0.25) is 5.15 Å². The van der Waals surface area contributed by atoms with E-state index in [1.54, 1.807) is 6.92 Å². The molecule has 0 bridgehead atoms. The van der Waals surface area contributed by atoms with Gasteiger partial charge in [0.05, 0.1) is 0 Å². The Morgan fingerprint density at radius 2 is 2.00 bits per heavy atom. The van der Waals surface area contributed by atoms with E-state index < -0.39 is 21.8 Å². The fourth-order valence-corrected chi connectivity index (χ4v) is 5.41. The van der Waals surface area contributed by atoms with E-state index >= 15 is 0 Å². The van der Waals surface area contributed by atoms with Gasteiger partial charge in [-0.2, -0.15) is 8.99 Å². The number of carbonyl (C=O) groups is 1. The van der Waals surface area contributed by atoms with Crippen molar-refractivity contribution in [1.82, 2.24) is 29.5 Å². The van der Waals surface area contributed by atoms with Crippen molar-refractivity contribution in [1.29, 1.82) is 0 Å². The quantitative estimate of drug-likeness (QED) is 0.556. The summed E-state index contributed by atoms with van der Waals surface area (Å²) in [4.78, 5) is 16.5. The van der Waals surface area contributed by atoms with Crippen LogP contribution in [-0.4, -0.2) is 56.9 Å². The summed E-state index contributed by atoms with van der Waals surface area (Å²) in [7, 11) is -3.80. The lowest BCUT2D eigenvalue weighted by Gasteiger charge is -2.30. The van der Waals surface area contributed by atoms with Gasteiger partial charge in [0.15, 0.2) is 5.82 Å². The zero-order chi connectivity index (χ0) is 22.9. The molecule has 3 aromatic rings. The van der Waals surface area contributed by atoms with Crippen molar-refractivity contribution in [3.8, 4) is 5.69 Å². The van der Waals surface area contributed by atoms with Gasteiger partial charge in [-0.05, 0) is 60.5 Å². The summed E-state index contributed by atoms with van der Waals surface area (Å²) in [5.74, 6) is -0.804. The van der Waals surface area contributed by atoms with E-state index in [1.165, 1.54) is 45.5 Å². The van der Waals surface area contributed by atoms with E-state index in [-0.39, 0.29) is 34.7 Å². The average molecular weight is 480 g/mol. The first-order valence-corrected chi connectivity index (χ1v) is 11.6. The van der Waals surface area contributed by atoms with Crippen molar-refractivity contribution in [2.45, 2.75) is 24.7 Å². The van der Waals surface area contributed by atoms with Gasteiger partial charge in [0.1, 0.15) is 21.6 Å². The second-order valence-corrected chi connectivity index (χ2v) is 9.53. The number of tetrazole rings is 1. The molecule has 0 unspecified atom stereocenters. The van der Waals surface area contributed by atoms with Crippen molar-refractivity contribution < 1.29 is 17.6 Å². The monoisotopic (exact) mass is 479 g/mol. The molecule has 1 aromatic carbocycles. The summed E-state index contributed by atoms with van der Waals surface area (Å²) in [6, 6.07) is 7.02. The maximum atomic E-state index is 14.2. The molecule has 1 fully saturated rings. The first-order chi connectivity index (χ1) is 15.3. The third-order valence-corrected chi connectivity index (χ3v) is 7.58. The van der Waals surface area contributed by atoms with Crippen LogP contribution in [0.1, 0.15) is 18.7 Å². The Morgan fingerprint density at radius 3 is 2.66 bits per heavy atom. The molecule has 1 aliphatic rings. The third-order valence-electron chi connectivity index (χ3n) is 5.23. The van der Waals surface area contributed by atoms with Crippen molar-refractivity contribution in [3.63, 3.8) is 0 Å². The number of hydrogen-bond donors (Lipinski definition) is 1. The lowest BCUT2D eigenvalue weighted by Crippen LogP contribution is -2.41. The van der Waals surface area contributed by atoms with Gasteiger partial charge in [0.2, 0.25) is 15.9 Å². The van der Waals surface area contributed by atoms with Gasteiger partial charge in [-0.3, -0.25) is 4.79 Å². The van der Waals surface area contributed by atoms with Gasteiger partial charge >= 0.3 is 0 Å². The number of aryl methyl sites for hydroxylation is 1. The van der Waals surface area contributed by atoms with Gasteiger partial charge in [-0.1, -0.05) is 11.6 Å². The Morgan fingerprint density at radius 1 is 1.25 bits per heavy atom. The van der Waals surface area contributed by atoms with Crippen LogP contribution in [-0.2, 0) is 14.8 Å². The van der Waals surface area contributed by atoms with Crippen LogP contribution >= 0.6 is 11.6 Å². The van der Waals surface area contributed by atoms with E-state index in [4.69, 9.17) is 11.6 Å². The number of nitrogens with zero attached hydrogens (tertiary/aromatic N) is 6. The number of aromatic nitrogens is 5. The number of anilines is 1. The second kappa shape index (κ2) is 8.88. The fourth-order valence-electron chi connectivity index (χ4n) is 3.51. The number of amides is 1. The first-order valence-electron chi connectivity index (χ1n) is 9.74. The Labute approximate surface area is 188 Å². The van der Waals surface area contributed by atoms with Crippen molar-refractivity contribution >= 4 is 33.2 Å². The lowest BCUT2D eigenvalue weighted by molar-refractivity contribution is -0.120. The Hall–Kier alpha value is -2.96. The van der Waals surface area contributed by atoms with E-state index in [2.05, 4.69) is 25.8 Å². The molecular weight excluding hydrogens is 461 g/mol. The van der Waals surface area contributed by atoms with Gasteiger partial charge in [-0.25, -0.2) is 17.8 Å². The summed E-state index contributed by atoms with van der Waals surface area (Å²) in [6.07, 6.45) is 2.09. The predicted molar refractivity (Wildman–Crippen MR) is 113 cm³/mol. The molecule has 1 aliphatic heterocycles. The number of halogens is 2. The summed E-state index contributed by atoms with van der Waals surface area (Å²) >= 11 is 5.95. The summed E-state index contributed by atoms with van der Waals surface area (Å²) in [5.41, 5.74) is 0.498. The highest BCUT2D eigenvalue weighted by atomic mass is 35.5. The Bertz CT molecular complexity index is 1260. The Balaban J connectivity index is 1.43. The highest BCUT2D eigenvalue weighted by molar-refractivity contribution is 7.89. The van der Waals surface area contributed by atoms with Crippen molar-refractivity contribution in [2.75, 3.05) is 18.4 Å². The number of nitrogens with one attached hydrogen (secondary N) is 1. The largest absolute Gasteiger partial charge is 0.326 e. The zero-order valence-electron chi connectivity index (χ0n) is 16.9. The fraction of sp³-hybridized carbons (Fsp3) is 0.316. The molecule has 0 spiro atoms. The molecular formula is C19H19ClFN7O3S. The number of piperidine rings is 1. The van der Waals surface area contributed by atoms with Crippen LogP contribution in [0.25, 0.3) is 5.69 Å². The van der Waals surface area contributed by atoms with Crippen LogP contribution in [0.5, 0.6) is 0 Å².